The Morgan fingerprint density at radius 3 is 2.83 bits per heavy atom. The van der Waals surface area contributed by atoms with Crippen LogP contribution >= 0.6 is 0 Å². The van der Waals surface area contributed by atoms with Gasteiger partial charge in [0.05, 0.1) is 5.69 Å². The number of hydrogen-bond donors (Lipinski definition) is 2. The topological polar surface area (TPSA) is 84.3 Å². The highest BCUT2D eigenvalue weighted by Gasteiger charge is 2.10. The van der Waals surface area contributed by atoms with Gasteiger partial charge in [-0.25, -0.2) is 4.79 Å². The molecule has 0 aliphatic rings. The molecule has 0 fully saturated rings. The van der Waals surface area contributed by atoms with Gasteiger partial charge in [0.1, 0.15) is 11.3 Å². The number of amides is 1. The van der Waals surface area contributed by atoms with Crippen LogP contribution in [-0.2, 0) is 4.79 Å². The number of H-pyrrole nitrogens is 1. The van der Waals surface area contributed by atoms with Gasteiger partial charge in [0.25, 0.3) is 5.91 Å². The molecule has 6 nitrogen and oxygen atoms in total. The average molecular weight is 312 g/mol. The Hall–Kier alpha value is -3.02. The standard InChI is InChI=1S/C17H16N2O4/c1-10-5-3-7-13(11(10)2)22-9-15(20)18-12-6-4-8-14-16(12)19-17(21)23-14/h3-8H,9H2,1-2H3,(H,18,20)(H,19,21). The van der Waals surface area contributed by atoms with E-state index >= 15 is 0 Å². The van der Waals surface area contributed by atoms with Gasteiger partial charge >= 0.3 is 5.76 Å². The smallest absolute Gasteiger partial charge is 0.417 e. The number of oxazole rings is 1. The van der Waals surface area contributed by atoms with E-state index in [9.17, 15) is 9.59 Å². The molecule has 1 amide bonds. The summed E-state index contributed by atoms with van der Waals surface area (Å²) in [7, 11) is 0. The fourth-order valence-electron chi connectivity index (χ4n) is 2.29. The van der Waals surface area contributed by atoms with Crippen LogP contribution in [0.5, 0.6) is 5.75 Å². The van der Waals surface area contributed by atoms with Crippen LogP contribution in [0.25, 0.3) is 11.1 Å². The van der Waals surface area contributed by atoms with Crippen molar-refractivity contribution < 1.29 is 13.9 Å². The van der Waals surface area contributed by atoms with E-state index in [0.29, 0.717) is 22.5 Å². The molecule has 2 N–H and O–H groups in total. The van der Waals surface area contributed by atoms with Gasteiger partial charge in [0.2, 0.25) is 0 Å². The number of benzene rings is 2. The Morgan fingerprint density at radius 1 is 1.22 bits per heavy atom. The van der Waals surface area contributed by atoms with Crippen LogP contribution in [0.3, 0.4) is 0 Å². The van der Waals surface area contributed by atoms with Gasteiger partial charge in [0.15, 0.2) is 12.2 Å². The summed E-state index contributed by atoms with van der Waals surface area (Å²) < 4.78 is 10.5. The summed E-state index contributed by atoms with van der Waals surface area (Å²) in [4.78, 5) is 25.9. The largest absolute Gasteiger partial charge is 0.483 e. The van der Waals surface area contributed by atoms with E-state index in [0.717, 1.165) is 11.1 Å². The van der Waals surface area contributed by atoms with Gasteiger partial charge in [-0.05, 0) is 43.2 Å². The SMILES string of the molecule is Cc1cccc(OCC(=O)Nc2cccc3oc(=O)[nH]c23)c1C. The van der Waals surface area contributed by atoms with Gasteiger partial charge in [-0.1, -0.05) is 18.2 Å². The Labute approximate surface area is 132 Å². The van der Waals surface area contributed by atoms with Gasteiger partial charge in [-0.3, -0.25) is 9.78 Å². The van der Waals surface area contributed by atoms with E-state index in [4.69, 9.17) is 9.15 Å². The first kappa shape index (κ1) is 14.9. The summed E-state index contributed by atoms with van der Waals surface area (Å²) in [5.41, 5.74) is 3.42. The number of carbonyl (C=O) groups excluding carboxylic acids is 1. The minimum absolute atomic E-state index is 0.122. The minimum Gasteiger partial charge on any atom is -0.483 e. The fourth-order valence-corrected chi connectivity index (χ4v) is 2.29. The van der Waals surface area contributed by atoms with Crippen LogP contribution in [-0.4, -0.2) is 17.5 Å². The van der Waals surface area contributed by atoms with Gasteiger partial charge < -0.3 is 14.5 Å². The van der Waals surface area contributed by atoms with E-state index < -0.39 is 5.76 Å². The molecular formula is C17H16N2O4. The molecule has 1 aromatic heterocycles. The molecular weight excluding hydrogens is 296 g/mol. The Bertz CT molecular complexity index is 924. The number of aryl methyl sites for hydroxylation is 1. The predicted octanol–water partition coefficient (Wildman–Crippen LogP) is 2.76. The molecule has 0 aliphatic carbocycles. The summed E-state index contributed by atoms with van der Waals surface area (Å²) in [6.45, 7) is 3.81. The first-order valence-corrected chi connectivity index (χ1v) is 7.15. The van der Waals surface area contributed by atoms with Crippen molar-refractivity contribution >= 4 is 22.7 Å². The second kappa shape index (κ2) is 6.00. The number of hydrogen-bond acceptors (Lipinski definition) is 4. The molecule has 0 spiro atoms. The average Bonchev–Trinajstić information content (AvgIpc) is 2.90. The lowest BCUT2D eigenvalue weighted by atomic mass is 10.1. The first-order chi connectivity index (χ1) is 11.0. The monoisotopic (exact) mass is 312 g/mol. The lowest BCUT2D eigenvalue weighted by Crippen LogP contribution is -2.20. The Kier molecular flexibility index (Phi) is 3.89. The van der Waals surface area contributed by atoms with E-state index in [1.807, 2.05) is 32.0 Å². The molecule has 118 valence electrons. The molecule has 23 heavy (non-hydrogen) atoms. The van der Waals surface area contributed by atoms with Crippen LogP contribution < -0.4 is 15.8 Å². The molecule has 0 saturated heterocycles. The number of aromatic amines is 1. The number of nitrogens with one attached hydrogen (secondary N) is 2. The lowest BCUT2D eigenvalue weighted by Gasteiger charge is -2.11. The number of fused-ring (bicyclic) bond motifs is 1. The fraction of sp³-hybridized carbons (Fsp3) is 0.176. The van der Waals surface area contributed by atoms with Crippen molar-refractivity contribution in [2.45, 2.75) is 13.8 Å². The predicted molar refractivity (Wildman–Crippen MR) is 86.9 cm³/mol. The Morgan fingerprint density at radius 2 is 2.00 bits per heavy atom. The minimum atomic E-state index is -0.562. The van der Waals surface area contributed by atoms with E-state index in [1.165, 1.54) is 0 Å². The summed E-state index contributed by atoms with van der Waals surface area (Å²) in [5, 5.41) is 2.71. The first-order valence-electron chi connectivity index (χ1n) is 7.15. The zero-order chi connectivity index (χ0) is 16.4. The van der Waals surface area contributed by atoms with Gasteiger partial charge in [-0.2, -0.15) is 0 Å². The van der Waals surface area contributed by atoms with E-state index in [2.05, 4.69) is 10.3 Å². The van der Waals surface area contributed by atoms with Crippen molar-refractivity contribution in [3.05, 3.63) is 58.1 Å². The van der Waals surface area contributed by atoms with Crippen molar-refractivity contribution in [2.24, 2.45) is 0 Å². The number of rotatable bonds is 4. The van der Waals surface area contributed by atoms with Crippen molar-refractivity contribution in [1.29, 1.82) is 0 Å². The van der Waals surface area contributed by atoms with Crippen molar-refractivity contribution in [3.8, 4) is 5.75 Å². The number of ether oxygens (including phenoxy) is 1. The Balaban J connectivity index is 1.71. The summed E-state index contributed by atoms with van der Waals surface area (Å²) in [5.74, 6) is -0.205. The second-order valence-corrected chi connectivity index (χ2v) is 5.23. The highest BCUT2D eigenvalue weighted by Crippen LogP contribution is 2.22. The van der Waals surface area contributed by atoms with Crippen molar-refractivity contribution in [1.82, 2.24) is 4.98 Å². The summed E-state index contributed by atoms with van der Waals surface area (Å²) >= 11 is 0. The second-order valence-electron chi connectivity index (χ2n) is 5.23. The molecule has 0 aliphatic heterocycles. The maximum Gasteiger partial charge on any atom is 0.417 e. The third-order valence-corrected chi connectivity index (χ3v) is 3.64. The lowest BCUT2D eigenvalue weighted by molar-refractivity contribution is -0.118. The van der Waals surface area contributed by atoms with Crippen molar-refractivity contribution in [3.63, 3.8) is 0 Å². The van der Waals surface area contributed by atoms with Crippen LogP contribution in [0.1, 0.15) is 11.1 Å². The van der Waals surface area contributed by atoms with E-state index in [-0.39, 0.29) is 12.5 Å². The molecule has 0 unspecified atom stereocenters. The van der Waals surface area contributed by atoms with Gasteiger partial charge in [-0.15, -0.1) is 0 Å². The number of para-hydroxylation sites is 1. The normalized spacial score (nSPS) is 10.7. The highest BCUT2D eigenvalue weighted by atomic mass is 16.5. The highest BCUT2D eigenvalue weighted by molar-refractivity contribution is 5.99. The zero-order valence-electron chi connectivity index (χ0n) is 12.8. The molecule has 1 heterocycles. The van der Waals surface area contributed by atoms with Crippen molar-refractivity contribution in [2.75, 3.05) is 11.9 Å². The molecule has 0 radical (unpaired) electrons. The molecule has 0 bridgehead atoms. The molecule has 0 atom stereocenters. The van der Waals surface area contributed by atoms with E-state index in [1.54, 1.807) is 18.2 Å². The third-order valence-electron chi connectivity index (χ3n) is 3.64. The van der Waals surface area contributed by atoms with Crippen LogP contribution in [0.2, 0.25) is 0 Å². The maximum atomic E-state index is 12.1. The summed E-state index contributed by atoms with van der Waals surface area (Å²) in [6, 6.07) is 10.7. The maximum absolute atomic E-state index is 12.1. The van der Waals surface area contributed by atoms with Gasteiger partial charge in [0, 0.05) is 0 Å². The van der Waals surface area contributed by atoms with Crippen LogP contribution in [0.4, 0.5) is 5.69 Å². The van der Waals surface area contributed by atoms with Crippen LogP contribution in [0.15, 0.2) is 45.6 Å². The summed E-state index contributed by atoms with van der Waals surface area (Å²) in [6.07, 6.45) is 0. The molecule has 6 heteroatoms. The zero-order valence-corrected chi connectivity index (χ0v) is 12.8. The number of anilines is 1. The third kappa shape index (κ3) is 3.11. The molecule has 3 rings (SSSR count). The molecule has 3 aromatic rings. The number of carbonyl (C=O) groups is 1. The quantitative estimate of drug-likeness (QED) is 0.776. The van der Waals surface area contributed by atoms with Crippen LogP contribution in [0, 0.1) is 13.8 Å². The molecule has 2 aromatic carbocycles. The molecule has 0 saturated carbocycles. The number of aromatic nitrogens is 1.